The third kappa shape index (κ3) is 2.06. The molecule has 3 heteroatoms. The molecule has 0 radical (unpaired) electrons. The summed E-state index contributed by atoms with van der Waals surface area (Å²) in [5, 5.41) is 19.6. The summed E-state index contributed by atoms with van der Waals surface area (Å²) in [5.41, 5.74) is 1.90. The van der Waals surface area contributed by atoms with Crippen molar-refractivity contribution in [3.8, 4) is 6.07 Å². The average Bonchev–Trinajstić information content (AvgIpc) is 2.09. The first kappa shape index (κ1) is 9.27. The predicted molar refractivity (Wildman–Crippen MR) is 50.5 cm³/mol. The van der Waals surface area contributed by atoms with Crippen LogP contribution >= 0.6 is 0 Å². The van der Waals surface area contributed by atoms with Crippen LogP contribution in [0.2, 0.25) is 0 Å². The highest BCUT2D eigenvalue weighted by atomic mass is 16.5. The van der Waals surface area contributed by atoms with E-state index in [0.29, 0.717) is 10.3 Å². The van der Waals surface area contributed by atoms with Crippen molar-refractivity contribution < 1.29 is 4.74 Å². The Morgan fingerprint density at radius 1 is 1.38 bits per heavy atom. The van der Waals surface area contributed by atoms with Gasteiger partial charge in [-0.2, -0.15) is 10.0 Å². The van der Waals surface area contributed by atoms with Crippen molar-refractivity contribution in [3.05, 3.63) is 40.6 Å². The fourth-order valence-corrected chi connectivity index (χ4v) is 1.03. The molecule has 0 fully saturated rings. The molecule has 0 aromatic heterocycles. The Balaban J connectivity index is 3.17. The van der Waals surface area contributed by atoms with Crippen molar-refractivity contribution in [2.45, 2.75) is 6.92 Å². The molecule has 3 nitrogen and oxygen atoms in total. The summed E-state index contributed by atoms with van der Waals surface area (Å²) in [6, 6.07) is 9.14. The van der Waals surface area contributed by atoms with Crippen LogP contribution in [0.3, 0.4) is 0 Å². The Bertz CT molecular complexity index is 367. The lowest BCUT2D eigenvalue weighted by atomic mass is 10.1. The molecule has 0 spiro atoms. The number of nitriles is 1. The summed E-state index contributed by atoms with van der Waals surface area (Å²) in [4.78, 5) is 0. The number of hydroxylamine groups is 1. The van der Waals surface area contributed by atoms with Gasteiger partial charge in [0.1, 0.15) is 7.05 Å². The number of aryl methyl sites for hydroxylation is 1. The van der Waals surface area contributed by atoms with E-state index in [-0.39, 0.29) is 5.71 Å². The molecule has 0 aliphatic carbocycles. The Morgan fingerprint density at radius 2 is 1.92 bits per heavy atom. The molecule has 13 heavy (non-hydrogen) atoms. The van der Waals surface area contributed by atoms with E-state index in [1.54, 1.807) is 12.1 Å². The monoisotopic (exact) mass is 174 g/mol. The summed E-state index contributed by atoms with van der Waals surface area (Å²) in [6.07, 6.45) is 0. The second kappa shape index (κ2) is 3.72. The first-order valence-electron chi connectivity index (χ1n) is 3.90. The molecule has 0 heterocycles. The van der Waals surface area contributed by atoms with Gasteiger partial charge in [0.25, 0.3) is 5.71 Å². The Morgan fingerprint density at radius 3 is 2.31 bits per heavy atom. The van der Waals surface area contributed by atoms with E-state index in [1.807, 2.05) is 25.1 Å². The van der Waals surface area contributed by atoms with Crippen LogP contribution in [0.1, 0.15) is 11.1 Å². The molecule has 0 amide bonds. The van der Waals surface area contributed by atoms with Gasteiger partial charge in [0.15, 0.2) is 6.07 Å². The van der Waals surface area contributed by atoms with Gasteiger partial charge in [-0.1, -0.05) is 17.7 Å². The second-order valence-electron chi connectivity index (χ2n) is 2.82. The van der Waals surface area contributed by atoms with Gasteiger partial charge in [-0.3, -0.25) is 0 Å². The minimum Gasteiger partial charge on any atom is -0.623 e. The lowest BCUT2D eigenvalue weighted by molar-refractivity contribution is -0.420. The van der Waals surface area contributed by atoms with Gasteiger partial charge >= 0.3 is 0 Å². The lowest BCUT2D eigenvalue weighted by Crippen LogP contribution is -2.10. The smallest absolute Gasteiger partial charge is 0.296 e. The molecule has 1 rings (SSSR count). The van der Waals surface area contributed by atoms with Crippen LogP contribution in [0.4, 0.5) is 0 Å². The first-order chi connectivity index (χ1) is 6.15. The van der Waals surface area contributed by atoms with Crippen molar-refractivity contribution in [3.63, 3.8) is 0 Å². The maximum atomic E-state index is 10.9. The van der Waals surface area contributed by atoms with Crippen molar-refractivity contribution >= 4 is 5.71 Å². The second-order valence-corrected chi connectivity index (χ2v) is 2.82. The quantitative estimate of drug-likeness (QED) is 0.280. The molecule has 0 aliphatic rings. The normalized spacial score (nSPS) is 11.8. The van der Waals surface area contributed by atoms with Crippen molar-refractivity contribution in [1.82, 2.24) is 0 Å². The van der Waals surface area contributed by atoms with Crippen LogP contribution in [0.25, 0.3) is 0 Å². The Hall–Kier alpha value is -1.82. The standard InChI is InChI=1S/C10H10N2O/c1-8-3-5-9(6-4-8)10(7-11)12(2)13/h3-6H,1-2H3/b12-10+. The third-order valence-corrected chi connectivity index (χ3v) is 1.75. The average molecular weight is 174 g/mol. The highest BCUT2D eigenvalue weighted by Gasteiger charge is 2.08. The molecule has 0 unspecified atom stereocenters. The van der Waals surface area contributed by atoms with Gasteiger partial charge in [-0.25, -0.2) is 0 Å². The van der Waals surface area contributed by atoms with Crippen molar-refractivity contribution in [1.29, 1.82) is 5.26 Å². The number of benzene rings is 1. The van der Waals surface area contributed by atoms with Crippen LogP contribution in [0, 0.1) is 23.5 Å². The van der Waals surface area contributed by atoms with E-state index >= 15 is 0 Å². The van der Waals surface area contributed by atoms with Crippen LogP contribution in [0.15, 0.2) is 24.3 Å². The van der Waals surface area contributed by atoms with Gasteiger partial charge in [0.05, 0.1) is 5.56 Å². The predicted octanol–water partition coefficient (Wildman–Crippen LogP) is 1.45. The lowest BCUT2D eigenvalue weighted by Gasteiger charge is -2.00. The van der Waals surface area contributed by atoms with E-state index in [2.05, 4.69) is 0 Å². The molecule has 0 N–H and O–H groups in total. The maximum Gasteiger partial charge on any atom is 0.296 e. The Labute approximate surface area is 77.1 Å². The fraction of sp³-hybridized carbons (Fsp3) is 0.200. The van der Waals surface area contributed by atoms with E-state index < -0.39 is 0 Å². The highest BCUT2D eigenvalue weighted by molar-refractivity contribution is 6.08. The van der Waals surface area contributed by atoms with Crippen LogP contribution in [-0.4, -0.2) is 17.5 Å². The summed E-state index contributed by atoms with van der Waals surface area (Å²) < 4.78 is 0.574. The molecule has 66 valence electrons. The zero-order chi connectivity index (χ0) is 9.84. The first-order valence-corrected chi connectivity index (χ1v) is 3.90. The van der Waals surface area contributed by atoms with Gasteiger partial charge in [-0.15, -0.1) is 0 Å². The van der Waals surface area contributed by atoms with Crippen LogP contribution < -0.4 is 0 Å². The molecule has 0 saturated carbocycles. The van der Waals surface area contributed by atoms with Gasteiger partial charge in [0.2, 0.25) is 0 Å². The molecule has 1 aromatic rings. The zero-order valence-electron chi connectivity index (χ0n) is 7.61. The molecule has 0 atom stereocenters. The minimum atomic E-state index is 0.139. The molecule has 0 saturated heterocycles. The van der Waals surface area contributed by atoms with Crippen LogP contribution in [-0.2, 0) is 0 Å². The number of nitrogens with zero attached hydrogens (tertiary/aromatic N) is 2. The van der Waals surface area contributed by atoms with Gasteiger partial charge in [0, 0.05) is 0 Å². The molecule has 0 bridgehead atoms. The summed E-state index contributed by atoms with van der Waals surface area (Å²) in [7, 11) is 1.32. The third-order valence-electron chi connectivity index (χ3n) is 1.75. The number of hydrogen-bond acceptors (Lipinski definition) is 2. The van der Waals surface area contributed by atoms with E-state index in [9.17, 15) is 5.21 Å². The van der Waals surface area contributed by atoms with E-state index in [0.717, 1.165) is 5.56 Å². The maximum absolute atomic E-state index is 10.9. The van der Waals surface area contributed by atoms with Gasteiger partial charge in [-0.05, 0) is 19.1 Å². The minimum absolute atomic E-state index is 0.139. The summed E-state index contributed by atoms with van der Waals surface area (Å²) in [5.74, 6) is 0. The molecule has 1 aromatic carbocycles. The SMILES string of the molecule is Cc1ccc(/C(C#N)=[N+](\C)[O-])cc1. The van der Waals surface area contributed by atoms with Crippen LogP contribution in [0.5, 0.6) is 0 Å². The number of rotatable bonds is 1. The van der Waals surface area contributed by atoms with Crippen molar-refractivity contribution in [2.75, 3.05) is 7.05 Å². The fourth-order valence-electron chi connectivity index (χ4n) is 1.03. The van der Waals surface area contributed by atoms with E-state index in [1.165, 1.54) is 7.05 Å². The van der Waals surface area contributed by atoms with E-state index in [4.69, 9.17) is 5.26 Å². The summed E-state index contributed by atoms with van der Waals surface area (Å²) in [6.45, 7) is 1.96. The number of hydrogen-bond donors (Lipinski definition) is 0. The van der Waals surface area contributed by atoms with Gasteiger partial charge < -0.3 is 5.21 Å². The van der Waals surface area contributed by atoms with Crippen molar-refractivity contribution in [2.24, 2.45) is 0 Å². The molecule has 0 aliphatic heterocycles. The zero-order valence-corrected chi connectivity index (χ0v) is 7.61. The summed E-state index contributed by atoms with van der Waals surface area (Å²) >= 11 is 0. The Kier molecular flexibility index (Phi) is 2.65. The molecular formula is C10H10N2O. The largest absolute Gasteiger partial charge is 0.623 e. The highest BCUT2D eigenvalue weighted by Crippen LogP contribution is 2.03. The topological polar surface area (TPSA) is 49.9 Å². The molecular weight excluding hydrogens is 164 g/mol.